The van der Waals surface area contributed by atoms with Crippen LogP contribution in [0, 0.1) is 0 Å². The van der Waals surface area contributed by atoms with Crippen LogP contribution in [-0.4, -0.2) is 18.8 Å². The summed E-state index contributed by atoms with van der Waals surface area (Å²) in [4.78, 5) is 13.3. The Morgan fingerprint density at radius 3 is 2.67 bits per heavy atom. The number of hydrogen-bond donors (Lipinski definition) is 1. The number of carbonyl (C=O) groups is 1. The highest BCUT2D eigenvalue weighted by molar-refractivity contribution is 7.98. The van der Waals surface area contributed by atoms with E-state index in [1.807, 2.05) is 12.3 Å². The van der Waals surface area contributed by atoms with Gasteiger partial charge in [0.05, 0.1) is 16.6 Å². The fraction of sp³-hybridized carbons (Fsp3) is 0.235. The first-order valence-electron chi connectivity index (χ1n) is 7.10. The molecular formula is C17H16ClF2NO2S. The van der Waals surface area contributed by atoms with Gasteiger partial charge >= 0.3 is 6.61 Å². The van der Waals surface area contributed by atoms with Gasteiger partial charge in [-0.05, 0) is 49.1 Å². The van der Waals surface area contributed by atoms with Gasteiger partial charge in [0, 0.05) is 4.90 Å². The van der Waals surface area contributed by atoms with Crippen molar-refractivity contribution in [2.24, 2.45) is 0 Å². The van der Waals surface area contributed by atoms with Crippen molar-refractivity contribution in [1.29, 1.82) is 0 Å². The molecular weight excluding hydrogens is 356 g/mol. The lowest BCUT2D eigenvalue weighted by Gasteiger charge is -2.16. The third kappa shape index (κ3) is 4.85. The maximum atomic E-state index is 12.4. The van der Waals surface area contributed by atoms with Gasteiger partial charge in [-0.1, -0.05) is 23.7 Å². The second kappa shape index (κ2) is 8.35. The highest BCUT2D eigenvalue weighted by Crippen LogP contribution is 2.25. The van der Waals surface area contributed by atoms with Crippen LogP contribution in [0.5, 0.6) is 5.75 Å². The second-order valence-electron chi connectivity index (χ2n) is 4.99. The van der Waals surface area contributed by atoms with Crippen LogP contribution < -0.4 is 10.1 Å². The minimum absolute atomic E-state index is 0.0472. The van der Waals surface area contributed by atoms with Crippen molar-refractivity contribution in [1.82, 2.24) is 5.32 Å². The predicted octanol–water partition coefficient (Wildman–Crippen LogP) is 5.15. The molecule has 0 aliphatic rings. The number of alkyl halides is 2. The third-order valence-corrected chi connectivity index (χ3v) is 4.40. The van der Waals surface area contributed by atoms with Crippen LogP contribution in [0.1, 0.15) is 28.9 Å². The molecule has 0 spiro atoms. The smallest absolute Gasteiger partial charge is 0.387 e. The summed E-state index contributed by atoms with van der Waals surface area (Å²) in [7, 11) is 0. The lowest BCUT2D eigenvalue weighted by atomic mass is 10.1. The second-order valence-corrected chi connectivity index (χ2v) is 6.28. The Morgan fingerprint density at radius 2 is 2.00 bits per heavy atom. The molecule has 0 heterocycles. The van der Waals surface area contributed by atoms with Gasteiger partial charge < -0.3 is 10.1 Å². The van der Waals surface area contributed by atoms with E-state index in [2.05, 4.69) is 10.1 Å². The van der Waals surface area contributed by atoms with Gasteiger partial charge in [0.15, 0.2) is 0 Å². The Hall–Kier alpha value is -1.79. The van der Waals surface area contributed by atoms with Gasteiger partial charge in [-0.25, -0.2) is 0 Å². The van der Waals surface area contributed by atoms with E-state index in [0.717, 1.165) is 4.90 Å². The monoisotopic (exact) mass is 371 g/mol. The highest BCUT2D eigenvalue weighted by atomic mass is 35.5. The zero-order chi connectivity index (χ0) is 17.7. The molecule has 1 amide bonds. The number of rotatable bonds is 6. The average Bonchev–Trinajstić information content (AvgIpc) is 2.54. The first-order chi connectivity index (χ1) is 11.4. The van der Waals surface area contributed by atoms with E-state index in [1.165, 1.54) is 23.9 Å². The molecule has 1 N–H and O–H groups in total. The summed E-state index contributed by atoms with van der Waals surface area (Å²) in [5, 5.41) is 3.16. The maximum Gasteiger partial charge on any atom is 0.387 e. The number of carbonyl (C=O) groups excluding carboxylic acids is 1. The standard InChI is InChI=1S/C17H16ClF2NO2S/c1-10(11-4-3-5-12(8-11)23-17(19)20)21-16(22)14-9-13(24-2)6-7-15(14)18/h3-10,17H,1-2H3,(H,21,22). The molecule has 0 saturated heterocycles. The molecule has 2 aromatic rings. The van der Waals surface area contributed by atoms with Gasteiger partial charge in [-0.3, -0.25) is 4.79 Å². The maximum absolute atomic E-state index is 12.4. The lowest BCUT2D eigenvalue weighted by molar-refractivity contribution is -0.0499. The van der Waals surface area contributed by atoms with Crippen molar-refractivity contribution >= 4 is 29.3 Å². The summed E-state index contributed by atoms with van der Waals surface area (Å²) in [6, 6.07) is 11.0. The molecule has 1 unspecified atom stereocenters. The van der Waals surface area contributed by atoms with Crippen molar-refractivity contribution in [3.8, 4) is 5.75 Å². The Kier molecular flexibility index (Phi) is 6.45. The molecule has 7 heteroatoms. The minimum atomic E-state index is -2.89. The normalized spacial score (nSPS) is 12.1. The van der Waals surface area contributed by atoms with Crippen LogP contribution in [0.2, 0.25) is 5.02 Å². The topological polar surface area (TPSA) is 38.3 Å². The quantitative estimate of drug-likeness (QED) is 0.713. The number of halogens is 3. The van der Waals surface area contributed by atoms with Crippen molar-refractivity contribution in [3.63, 3.8) is 0 Å². The number of ether oxygens (including phenoxy) is 1. The van der Waals surface area contributed by atoms with Gasteiger partial charge in [-0.2, -0.15) is 8.78 Å². The first-order valence-corrected chi connectivity index (χ1v) is 8.70. The minimum Gasteiger partial charge on any atom is -0.435 e. The molecule has 128 valence electrons. The van der Waals surface area contributed by atoms with Crippen molar-refractivity contribution in [2.75, 3.05) is 6.26 Å². The summed E-state index contributed by atoms with van der Waals surface area (Å²) in [6.45, 7) is -1.13. The largest absolute Gasteiger partial charge is 0.435 e. The van der Waals surface area contributed by atoms with Crippen molar-refractivity contribution in [3.05, 3.63) is 58.6 Å². The zero-order valence-corrected chi connectivity index (χ0v) is 14.6. The van der Waals surface area contributed by atoms with E-state index in [-0.39, 0.29) is 11.7 Å². The number of thioether (sulfide) groups is 1. The summed E-state index contributed by atoms with van der Waals surface area (Å²) in [5.74, 6) is -0.283. The average molecular weight is 372 g/mol. The van der Waals surface area contributed by atoms with E-state index in [4.69, 9.17) is 11.6 Å². The van der Waals surface area contributed by atoms with E-state index in [0.29, 0.717) is 16.1 Å². The molecule has 0 saturated carbocycles. The Balaban J connectivity index is 2.14. The summed E-state index contributed by atoms with van der Waals surface area (Å²) >= 11 is 7.59. The van der Waals surface area contributed by atoms with E-state index in [9.17, 15) is 13.6 Å². The van der Waals surface area contributed by atoms with E-state index >= 15 is 0 Å². The van der Waals surface area contributed by atoms with Crippen LogP contribution in [0.25, 0.3) is 0 Å². The zero-order valence-electron chi connectivity index (χ0n) is 13.1. The molecule has 0 bridgehead atoms. The van der Waals surface area contributed by atoms with Crippen LogP contribution in [0.15, 0.2) is 47.4 Å². The summed E-state index contributed by atoms with van der Waals surface area (Å²) < 4.78 is 29.0. The summed E-state index contributed by atoms with van der Waals surface area (Å²) in [5.41, 5.74) is 1.02. The Morgan fingerprint density at radius 1 is 1.25 bits per heavy atom. The summed E-state index contributed by atoms with van der Waals surface area (Å²) in [6.07, 6.45) is 1.90. The van der Waals surface area contributed by atoms with Gasteiger partial charge in [0.2, 0.25) is 0 Å². The first kappa shape index (κ1) is 18.5. The van der Waals surface area contributed by atoms with Crippen LogP contribution in [-0.2, 0) is 0 Å². The number of benzene rings is 2. The molecule has 2 aromatic carbocycles. The lowest BCUT2D eigenvalue weighted by Crippen LogP contribution is -2.27. The number of nitrogens with one attached hydrogen (secondary N) is 1. The SMILES string of the molecule is CSc1ccc(Cl)c(C(=O)NC(C)c2cccc(OC(F)F)c2)c1. The molecule has 2 rings (SSSR count). The Bertz CT molecular complexity index is 727. The van der Waals surface area contributed by atoms with E-state index < -0.39 is 12.7 Å². The highest BCUT2D eigenvalue weighted by Gasteiger charge is 2.16. The fourth-order valence-electron chi connectivity index (χ4n) is 2.12. The molecule has 0 radical (unpaired) electrons. The van der Waals surface area contributed by atoms with Crippen LogP contribution in [0.4, 0.5) is 8.78 Å². The van der Waals surface area contributed by atoms with Crippen molar-refractivity contribution < 1.29 is 18.3 Å². The Labute approximate surface area is 148 Å². The fourth-order valence-corrected chi connectivity index (χ4v) is 2.77. The molecule has 0 aliphatic heterocycles. The predicted molar refractivity (Wildman–Crippen MR) is 92.2 cm³/mol. The van der Waals surface area contributed by atoms with Gasteiger partial charge in [-0.15, -0.1) is 11.8 Å². The molecule has 0 aliphatic carbocycles. The number of amides is 1. The number of hydrogen-bond acceptors (Lipinski definition) is 3. The molecule has 1 atom stereocenters. The molecule has 0 aromatic heterocycles. The molecule has 3 nitrogen and oxygen atoms in total. The molecule has 24 heavy (non-hydrogen) atoms. The van der Waals surface area contributed by atoms with Crippen LogP contribution in [0.3, 0.4) is 0 Å². The van der Waals surface area contributed by atoms with Crippen molar-refractivity contribution in [2.45, 2.75) is 24.5 Å². The third-order valence-electron chi connectivity index (χ3n) is 3.35. The molecule has 0 fully saturated rings. The van der Waals surface area contributed by atoms with Crippen LogP contribution >= 0.6 is 23.4 Å². The van der Waals surface area contributed by atoms with Gasteiger partial charge in [0.1, 0.15) is 5.75 Å². The van der Waals surface area contributed by atoms with Gasteiger partial charge in [0.25, 0.3) is 5.91 Å². The van der Waals surface area contributed by atoms with E-state index in [1.54, 1.807) is 31.2 Å².